The van der Waals surface area contributed by atoms with Crippen LogP contribution in [0.1, 0.15) is 37.9 Å². The predicted molar refractivity (Wildman–Crippen MR) is 109 cm³/mol. The molecule has 2 aliphatic rings. The minimum Gasteiger partial charge on any atom is -0.469 e. The van der Waals surface area contributed by atoms with E-state index in [-0.39, 0.29) is 5.54 Å². The topological polar surface area (TPSA) is 62.0 Å². The number of nitrogens with one attached hydrogen (secondary N) is 2. The summed E-state index contributed by atoms with van der Waals surface area (Å²) in [6.07, 6.45) is 10.8. The van der Waals surface area contributed by atoms with Crippen molar-refractivity contribution in [2.24, 2.45) is 4.99 Å². The SMILES string of the molecule is C=CCNC(=NCC1(N2CCOCC2)CCCCC1)NCCc1ccco1. The molecule has 6 nitrogen and oxygen atoms in total. The Morgan fingerprint density at radius 2 is 2.04 bits per heavy atom. The molecular formula is C21H34N4O2. The summed E-state index contributed by atoms with van der Waals surface area (Å²) in [6.45, 7) is 9.87. The third-order valence-electron chi connectivity index (χ3n) is 5.66. The number of hydrogen-bond donors (Lipinski definition) is 2. The molecule has 3 rings (SSSR count). The summed E-state index contributed by atoms with van der Waals surface area (Å²) in [7, 11) is 0. The normalized spacial score (nSPS) is 21.0. The maximum atomic E-state index is 5.58. The van der Waals surface area contributed by atoms with Crippen molar-refractivity contribution in [1.29, 1.82) is 0 Å². The van der Waals surface area contributed by atoms with Gasteiger partial charge in [0.1, 0.15) is 5.76 Å². The first-order valence-corrected chi connectivity index (χ1v) is 10.3. The zero-order chi connectivity index (χ0) is 18.8. The van der Waals surface area contributed by atoms with Crippen LogP contribution in [-0.2, 0) is 11.2 Å². The number of guanidine groups is 1. The molecule has 0 amide bonds. The molecule has 1 aliphatic heterocycles. The largest absolute Gasteiger partial charge is 0.469 e. The van der Waals surface area contributed by atoms with Crippen molar-refractivity contribution >= 4 is 5.96 Å². The van der Waals surface area contributed by atoms with Crippen LogP contribution >= 0.6 is 0 Å². The zero-order valence-electron chi connectivity index (χ0n) is 16.4. The number of ether oxygens (including phenoxy) is 1. The summed E-state index contributed by atoms with van der Waals surface area (Å²) in [4.78, 5) is 7.62. The molecule has 1 aromatic heterocycles. The van der Waals surface area contributed by atoms with Crippen molar-refractivity contribution in [2.45, 2.75) is 44.1 Å². The standard InChI is InChI=1S/C21H34N4O2/c1-2-11-22-20(23-12-8-19-7-6-15-27-19)24-18-21(9-4-3-5-10-21)25-13-16-26-17-14-25/h2,6-7,15H,1,3-5,8-14,16-18H2,(H2,22,23,24). The molecule has 1 saturated heterocycles. The summed E-state index contributed by atoms with van der Waals surface area (Å²) < 4.78 is 11.0. The van der Waals surface area contributed by atoms with Gasteiger partial charge in [0.05, 0.1) is 26.0 Å². The van der Waals surface area contributed by atoms with Crippen LogP contribution in [0.3, 0.4) is 0 Å². The van der Waals surface area contributed by atoms with Gasteiger partial charge in [0.15, 0.2) is 5.96 Å². The van der Waals surface area contributed by atoms with Crippen molar-refractivity contribution in [3.05, 3.63) is 36.8 Å². The van der Waals surface area contributed by atoms with Crippen molar-refractivity contribution in [1.82, 2.24) is 15.5 Å². The van der Waals surface area contributed by atoms with Gasteiger partial charge in [-0.25, -0.2) is 0 Å². The third-order valence-corrected chi connectivity index (χ3v) is 5.66. The Hall–Kier alpha value is -1.79. The van der Waals surface area contributed by atoms with E-state index in [4.69, 9.17) is 14.1 Å². The highest BCUT2D eigenvalue weighted by Crippen LogP contribution is 2.34. The molecular weight excluding hydrogens is 340 g/mol. The molecule has 0 unspecified atom stereocenters. The van der Waals surface area contributed by atoms with Crippen molar-refractivity contribution in [3.63, 3.8) is 0 Å². The Morgan fingerprint density at radius 1 is 1.22 bits per heavy atom. The van der Waals surface area contributed by atoms with Gasteiger partial charge in [-0.15, -0.1) is 6.58 Å². The average Bonchev–Trinajstić information content (AvgIpc) is 3.24. The van der Waals surface area contributed by atoms with E-state index in [0.717, 1.165) is 57.5 Å². The van der Waals surface area contributed by atoms with Gasteiger partial charge in [0.2, 0.25) is 0 Å². The minimum absolute atomic E-state index is 0.186. The fraction of sp³-hybridized carbons (Fsp3) is 0.667. The molecule has 0 spiro atoms. The number of furan rings is 1. The molecule has 2 N–H and O–H groups in total. The second kappa shape index (κ2) is 10.5. The minimum atomic E-state index is 0.186. The lowest BCUT2D eigenvalue weighted by molar-refractivity contribution is -0.0333. The van der Waals surface area contributed by atoms with Crippen LogP contribution < -0.4 is 10.6 Å². The van der Waals surface area contributed by atoms with Crippen molar-refractivity contribution in [3.8, 4) is 0 Å². The van der Waals surface area contributed by atoms with E-state index in [2.05, 4.69) is 22.1 Å². The van der Waals surface area contributed by atoms with Crippen LogP contribution in [0.4, 0.5) is 0 Å². The average molecular weight is 375 g/mol. The molecule has 1 saturated carbocycles. The van der Waals surface area contributed by atoms with Crippen LogP contribution in [0.5, 0.6) is 0 Å². The number of aliphatic imine (C=N–C) groups is 1. The lowest BCUT2D eigenvalue weighted by Gasteiger charge is -2.47. The zero-order valence-corrected chi connectivity index (χ0v) is 16.4. The first kappa shape index (κ1) is 20.0. The summed E-state index contributed by atoms with van der Waals surface area (Å²) in [5, 5.41) is 6.80. The molecule has 0 aromatic carbocycles. The van der Waals surface area contributed by atoms with Crippen LogP contribution in [0.15, 0.2) is 40.5 Å². The molecule has 1 aliphatic carbocycles. The van der Waals surface area contributed by atoms with Gasteiger partial charge in [-0.3, -0.25) is 9.89 Å². The molecule has 0 atom stereocenters. The van der Waals surface area contributed by atoms with Gasteiger partial charge in [-0.2, -0.15) is 0 Å². The lowest BCUT2D eigenvalue weighted by Crippen LogP contribution is -2.56. The summed E-state index contributed by atoms with van der Waals surface area (Å²) in [5.74, 6) is 1.85. The molecule has 27 heavy (non-hydrogen) atoms. The molecule has 2 heterocycles. The Bertz CT molecular complexity index is 573. The van der Waals surface area contributed by atoms with Gasteiger partial charge in [-0.1, -0.05) is 25.3 Å². The Balaban J connectivity index is 1.62. The van der Waals surface area contributed by atoms with E-state index in [9.17, 15) is 0 Å². The predicted octanol–water partition coefficient (Wildman–Crippen LogP) is 2.58. The Labute approximate surface area is 163 Å². The molecule has 0 bridgehead atoms. The summed E-state index contributed by atoms with van der Waals surface area (Å²) >= 11 is 0. The van der Waals surface area contributed by atoms with Gasteiger partial charge in [0.25, 0.3) is 0 Å². The first-order chi connectivity index (χ1) is 13.3. The van der Waals surface area contributed by atoms with Gasteiger partial charge in [-0.05, 0) is 25.0 Å². The maximum absolute atomic E-state index is 5.58. The third kappa shape index (κ3) is 5.84. The number of hydrogen-bond acceptors (Lipinski definition) is 4. The quantitative estimate of drug-likeness (QED) is 0.416. The smallest absolute Gasteiger partial charge is 0.191 e. The molecule has 150 valence electrons. The van der Waals surface area contributed by atoms with Gasteiger partial charge >= 0.3 is 0 Å². The molecule has 6 heteroatoms. The molecule has 1 aromatic rings. The molecule has 0 radical (unpaired) electrons. The highest BCUT2D eigenvalue weighted by atomic mass is 16.5. The second-order valence-corrected chi connectivity index (χ2v) is 7.47. The lowest BCUT2D eigenvalue weighted by atomic mass is 9.80. The van der Waals surface area contributed by atoms with Crippen LogP contribution in [-0.4, -0.2) is 62.3 Å². The highest BCUT2D eigenvalue weighted by Gasteiger charge is 2.38. The maximum Gasteiger partial charge on any atom is 0.191 e. The Kier molecular flexibility index (Phi) is 7.78. The summed E-state index contributed by atoms with van der Waals surface area (Å²) in [6, 6.07) is 3.93. The van der Waals surface area contributed by atoms with E-state index < -0.39 is 0 Å². The first-order valence-electron chi connectivity index (χ1n) is 10.3. The van der Waals surface area contributed by atoms with Crippen LogP contribution in [0, 0.1) is 0 Å². The highest BCUT2D eigenvalue weighted by molar-refractivity contribution is 5.80. The van der Waals surface area contributed by atoms with Crippen LogP contribution in [0.2, 0.25) is 0 Å². The second-order valence-electron chi connectivity index (χ2n) is 7.47. The van der Waals surface area contributed by atoms with E-state index >= 15 is 0 Å². The fourth-order valence-electron chi connectivity index (χ4n) is 4.15. The van der Waals surface area contributed by atoms with Crippen LogP contribution in [0.25, 0.3) is 0 Å². The van der Waals surface area contributed by atoms with E-state index in [1.165, 1.54) is 32.1 Å². The van der Waals surface area contributed by atoms with E-state index in [0.29, 0.717) is 6.54 Å². The Morgan fingerprint density at radius 3 is 2.74 bits per heavy atom. The number of rotatable bonds is 8. The molecule has 2 fully saturated rings. The summed E-state index contributed by atoms with van der Waals surface area (Å²) in [5.41, 5.74) is 0.186. The monoisotopic (exact) mass is 374 g/mol. The number of nitrogens with zero attached hydrogens (tertiary/aromatic N) is 2. The fourth-order valence-corrected chi connectivity index (χ4v) is 4.15. The van der Waals surface area contributed by atoms with Crippen molar-refractivity contribution < 1.29 is 9.15 Å². The van der Waals surface area contributed by atoms with E-state index in [1.807, 2.05) is 18.2 Å². The van der Waals surface area contributed by atoms with Crippen molar-refractivity contribution in [2.75, 3.05) is 45.9 Å². The van der Waals surface area contributed by atoms with Gasteiger partial charge in [0, 0.05) is 38.1 Å². The van der Waals surface area contributed by atoms with E-state index in [1.54, 1.807) is 6.26 Å². The van der Waals surface area contributed by atoms with Gasteiger partial charge < -0.3 is 19.8 Å². The number of morpholine rings is 1.